The Balaban J connectivity index is 1.76. The molecule has 0 saturated carbocycles. The molecule has 25 heavy (non-hydrogen) atoms. The molecule has 0 saturated heterocycles. The third kappa shape index (κ3) is 4.18. The molecule has 8 heteroatoms. The monoisotopic (exact) mass is 485 g/mol. The van der Waals surface area contributed by atoms with E-state index in [1.54, 1.807) is 12.1 Å². The molecule has 0 bridgehead atoms. The van der Waals surface area contributed by atoms with E-state index >= 15 is 0 Å². The second-order valence-electron chi connectivity index (χ2n) is 5.70. The molecule has 1 aromatic heterocycles. The standard InChI is InChI=1S/C17H16IN3O2S2/c18-10-5-3-4-9(8-10)15(23)20-17(24)21-16-13(14(19)22)11-6-1-2-7-12(11)25-16/h3-5,8H,1-2,6-7H2,(H2,19,22)(H2,20,21,23,24). The van der Waals surface area contributed by atoms with E-state index in [9.17, 15) is 9.59 Å². The molecule has 0 atom stereocenters. The zero-order valence-electron chi connectivity index (χ0n) is 13.2. The number of aryl methyl sites for hydroxylation is 1. The van der Waals surface area contributed by atoms with Crippen molar-refractivity contribution < 1.29 is 9.59 Å². The lowest BCUT2D eigenvalue weighted by molar-refractivity contribution is 0.0975. The molecule has 0 radical (unpaired) electrons. The Morgan fingerprint density at radius 3 is 2.72 bits per heavy atom. The third-order valence-electron chi connectivity index (χ3n) is 3.96. The number of benzene rings is 1. The van der Waals surface area contributed by atoms with Gasteiger partial charge in [-0.2, -0.15) is 0 Å². The van der Waals surface area contributed by atoms with Gasteiger partial charge in [0.05, 0.1) is 5.56 Å². The van der Waals surface area contributed by atoms with Gasteiger partial charge in [0.1, 0.15) is 5.00 Å². The largest absolute Gasteiger partial charge is 0.365 e. The number of nitrogens with two attached hydrogens (primary N) is 1. The van der Waals surface area contributed by atoms with Gasteiger partial charge in [-0.3, -0.25) is 14.9 Å². The summed E-state index contributed by atoms with van der Waals surface area (Å²) in [4.78, 5) is 25.3. The SMILES string of the molecule is NC(=O)c1c(NC(=S)NC(=O)c2cccc(I)c2)sc2c1CCCC2. The second kappa shape index (κ2) is 7.79. The molecule has 2 aromatic rings. The predicted octanol–water partition coefficient (Wildman–Crippen LogP) is 3.46. The van der Waals surface area contributed by atoms with Gasteiger partial charge in [0, 0.05) is 14.0 Å². The molecule has 0 fully saturated rings. The minimum absolute atomic E-state index is 0.157. The first-order valence-corrected chi connectivity index (χ1v) is 10.1. The fraction of sp³-hybridized carbons (Fsp3) is 0.235. The lowest BCUT2D eigenvalue weighted by Crippen LogP contribution is -2.34. The molecule has 1 aliphatic rings. The van der Waals surface area contributed by atoms with Crippen LogP contribution in [0.2, 0.25) is 0 Å². The predicted molar refractivity (Wildman–Crippen MR) is 112 cm³/mol. The number of thiophene rings is 1. The lowest BCUT2D eigenvalue weighted by atomic mass is 9.95. The Morgan fingerprint density at radius 1 is 1.24 bits per heavy atom. The molecule has 0 aliphatic heterocycles. The highest BCUT2D eigenvalue weighted by Crippen LogP contribution is 2.37. The number of nitrogens with one attached hydrogen (secondary N) is 2. The number of anilines is 1. The molecule has 4 N–H and O–H groups in total. The molecule has 1 aliphatic carbocycles. The second-order valence-corrected chi connectivity index (χ2v) is 8.46. The summed E-state index contributed by atoms with van der Waals surface area (Å²) in [6, 6.07) is 7.21. The average Bonchev–Trinajstić information content (AvgIpc) is 2.92. The van der Waals surface area contributed by atoms with Gasteiger partial charge in [0.15, 0.2) is 5.11 Å². The van der Waals surface area contributed by atoms with Crippen molar-refractivity contribution in [3.8, 4) is 0 Å². The highest BCUT2D eigenvalue weighted by atomic mass is 127. The number of rotatable bonds is 3. The van der Waals surface area contributed by atoms with Gasteiger partial charge in [-0.25, -0.2) is 0 Å². The van der Waals surface area contributed by atoms with Crippen LogP contribution in [0.15, 0.2) is 24.3 Å². The number of amides is 2. The number of thiocarbonyl (C=S) groups is 1. The van der Waals surface area contributed by atoms with Gasteiger partial charge >= 0.3 is 0 Å². The first-order chi connectivity index (χ1) is 12.0. The van der Waals surface area contributed by atoms with Crippen molar-refractivity contribution in [1.82, 2.24) is 5.32 Å². The summed E-state index contributed by atoms with van der Waals surface area (Å²) in [7, 11) is 0. The highest BCUT2D eigenvalue weighted by molar-refractivity contribution is 14.1. The Bertz CT molecular complexity index is 864. The Kier molecular flexibility index (Phi) is 5.70. The van der Waals surface area contributed by atoms with Crippen LogP contribution in [-0.4, -0.2) is 16.9 Å². The van der Waals surface area contributed by atoms with Crippen molar-refractivity contribution in [3.05, 3.63) is 49.4 Å². The summed E-state index contributed by atoms with van der Waals surface area (Å²) in [6.45, 7) is 0. The van der Waals surface area contributed by atoms with Crippen LogP contribution in [-0.2, 0) is 12.8 Å². The van der Waals surface area contributed by atoms with Crippen molar-refractivity contribution in [2.45, 2.75) is 25.7 Å². The van der Waals surface area contributed by atoms with Gasteiger partial charge in [-0.1, -0.05) is 6.07 Å². The molecular weight excluding hydrogens is 469 g/mol. The summed E-state index contributed by atoms with van der Waals surface area (Å²) >= 11 is 8.88. The molecule has 1 aromatic carbocycles. The van der Waals surface area contributed by atoms with Crippen molar-refractivity contribution in [3.63, 3.8) is 0 Å². The minimum Gasteiger partial charge on any atom is -0.365 e. The Labute approximate surface area is 168 Å². The number of carbonyl (C=O) groups excluding carboxylic acids is 2. The topological polar surface area (TPSA) is 84.2 Å². The van der Waals surface area contributed by atoms with E-state index in [-0.39, 0.29) is 11.0 Å². The molecule has 1 heterocycles. The number of carbonyl (C=O) groups is 2. The van der Waals surface area contributed by atoms with E-state index in [0.29, 0.717) is 16.1 Å². The summed E-state index contributed by atoms with van der Waals surface area (Å²) in [5.74, 6) is -0.758. The maximum atomic E-state index is 12.3. The number of hydrogen-bond acceptors (Lipinski definition) is 4. The maximum absolute atomic E-state index is 12.3. The van der Waals surface area contributed by atoms with Crippen LogP contribution in [0.25, 0.3) is 0 Å². The van der Waals surface area contributed by atoms with Crippen molar-refractivity contribution in [1.29, 1.82) is 0 Å². The minimum atomic E-state index is -0.464. The van der Waals surface area contributed by atoms with E-state index in [4.69, 9.17) is 18.0 Å². The molecule has 130 valence electrons. The van der Waals surface area contributed by atoms with E-state index in [0.717, 1.165) is 34.8 Å². The van der Waals surface area contributed by atoms with Gasteiger partial charge < -0.3 is 11.1 Å². The zero-order valence-corrected chi connectivity index (χ0v) is 17.0. The quantitative estimate of drug-likeness (QED) is 0.460. The smallest absolute Gasteiger partial charge is 0.257 e. The maximum Gasteiger partial charge on any atom is 0.257 e. The van der Waals surface area contributed by atoms with Crippen molar-refractivity contribution in [2.24, 2.45) is 5.73 Å². The summed E-state index contributed by atoms with van der Waals surface area (Å²) in [6.07, 6.45) is 3.97. The number of halogens is 1. The molecule has 2 amide bonds. The molecular formula is C17H16IN3O2S2. The fourth-order valence-corrected chi connectivity index (χ4v) is 4.96. The average molecular weight is 485 g/mol. The number of primary amides is 1. The van der Waals surface area contributed by atoms with Crippen LogP contribution in [0, 0.1) is 3.57 Å². The molecule has 3 rings (SSSR count). The highest BCUT2D eigenvalue weighted by Gasteiger charge is 2.24. The summed E-state index contributed by atoms with van der Waals surface area (Å²) in [5, 5.41) is 6.41. The van der Waals surface area contributed by atoms with Crippen LogP contribution in [0.5, 0.6) is 0 Å². The Morgan fingerprint density at radius 2 is 2.00 bits per heavy atom. The Hall–Kier alpha value is -1.52. The van der Waals surface area contributed by atoms with E-state index in [1.807, 2.05) is 12.1 Å². The first-order valence-electron chi connectivity index (χ1n) is 7.78. The zero-order chi connectivity index (χ0) is 18.0. The third-order valence-corrected chi connectivity index (χ3v) is 6.04. The fourth-order valence-electron chi connectivity index (χ4n) is 2.85. The van der Waals surface area contributed by atoms with E-state index < -0.39 is 5.91 Å². The molecule has 5 nitrogen and oxygen atoms in total. The normalized spacial score (nSPS) is 13.0. The van der Waals surface area contributed by atoms with Crippen LogP contribution >= 0.6 is 46.1 Å². The van der Waals surface area contributed by atoms with Gasteiger partial charge in [-0.15, -0.1) is 11.3 Å². The van der Waals surface area contributed by atoms with Crippen LogP contribution in [0.3, 0.4) is 0 Å². The van der Waals surface area contributed by atoms with Crippen LogP contribution in [0.4, 0.5) is 5.00 Å². The van der Waals surface area contributed by atoms with Gasteiger partial charge in [0.25, 0.3) is 11.8 Å². The summed E-state index contributed by atoms with van der Waals surface area (Å²) < 4.78 is 0.964. The number of fused-ring (bicyclic) bond motifs is 1. The van der Waals surface area contributed by atoms with E-state index in [1.165, 1.54) is 16.2 Å². The summed E-state index contributed by atoms with van der Waals surface area (Å²) in [5.41, 5.74) is 7.62. The van der Waals surface area contributed by atoms with Gasteiger partial charge in [-0.05, 0) is 84.3 Å². The lowest BCUT2D eigenvalue weighted by Gasteiger charge is -2.11. The first kappa shape index (κ1) is 18.3. The molecule has 0 spiro atoms. The van der Waals surface area contributed by atoms with Crippen molar-refractivity contribution >= 4 is 68.1 Å². The van der Waals surface area contributed by atoms with Gasteiger partial charge in [0.2, 0.25) is 0 Å². The van der Waals surface area contributed by atoms with Crippen LogP contribution < -0.4 is 16.4 Å². The van der Waals surface area contributed by atoms with Crippen molar-refractivity contribution in [2.75, 3.05) is 5.32 Å². The number of hydrogen-bond donors (Lipinski definition) is 3. The van der Waals surface area contributed by atoms with Crippen LogP contribution in [0.1, 0.15) is 44.0 Å². The molecule has 0 unspecified atom stereocenters. The van der Waals surface area contributed by atoms with E-state index in [2.05, 4.69) is 33.2 Å².